The molecule has 0 fully saturated rings. The van der Waals surface area contributed by atoms with Crippen LogP contribution in [-0.4, -0.2) is 17.8 Å². The Morgan fingerprint density at radius 1 is 1.17 bits per heavy atom. The van der Waals surface area contributed by atoms with Crippen LogP contribution in [0, 0.1) is 0 Å². The van der Waals surface area contributed by atoms with Gasteiger partial charge in [0, 0.05) is 17.4 Å². The lowest BCUT2D eigenvalue weighted by molar-refractivity contribution is -0.156. The molecule has 2 atom stereocenters. The van der Waals surface area contributed by atoms with Crippen LogP contribution in [0.1, 0.15) is 35.9 Å². The minimum atomic E-state index is -1.15. The lowest BCUT2D eigenvalue weighted by Crippen LogP contribution is -2.30. The molecule has 0 aliphatic rings. The van der Waals surface area contributed by atoms with Gasteiger partial charge in [-0.05, 0) is 11.4 Å². The lowest BCUT2D eigenvalue weighted by atomic mass is 10.1. The first-order chi connectivity index (χ1) is 11.5. The Hall–Kier alpha value is -2.67. The van der Waals surface area contributed by atoms with Gasteiger partial charge in [0.1, 0.15) is 0 Å². The highest BCUT2D eigenvalue weighted by atomic mass is 32.1. The average molecular weight is 346 g/mol. The van der Waals surface area contributed by atoms with Crippen molar-refractivity contribution in [2.24, 2.45) is 5.73 Å². The first-order valence-electron chi connectivity index (χ1n) is 7.31. The molecule has 2 unspecified atom stereocenters. The van der Waals surface area contributed by atoms with E-state index in [9.17, 15) is 14.4 Å². The summed E-state index contributed by atoms with van der Waals surface area (Å²) >= 11 is 1.42. The maximum absolute atomic E-state index is 12.2. The van der Waals surface area contributed by atoms with Crippen molar-refractivity contribution in [3.63, 3.8) is 0 Å². The SMILES string of the molecule is CC(=O)NC(CC(=O)OC(C(N)=O)c1ccccc1)c1cccs1. The summed E-state index contributed by atoms with van der Waals surface area (Å²) in [7, 11) is 0. The molecule has 0 radical (unpaired) electrons. The third-order valence-electron chi connectivity index (χ3n) is 3.24. The van der Waals surface area contributed by atoms with Gasteiger partial charge in [-0.25, -0.2) is 0 Å². The Morgan fingerprint density at radius 3 is 2.42 bits per heavy atom. The number of primary amides is 1. The number of nitrogens with one attached hydrogen (secondary N) is 1. The van der Waals surface area contributed by atoms with Crippen molar-refractivity contribution < 1.29 is 19.1 Å². The van der Waals surface area contributed by atoms with Gasteiger partial charge in [-0.1, -0.05) is 36.4 Å². The molecule has 0 aliphatic carbocycles. The molecule has 2 rings (SSSR count). The number of hydrogen-bond acceptors (Lipinski definition) is 5. The van der Waals surface area contributed by atoms with Crippen molar-refractivity contribution >= 4 is 29.1 Å². The molecule has 0 saturated heterocycles. The third-order valence-corrected chi connectivity index (χ3v) is 4.23. The largest absolute Gasteiger partial charge is 0.447 e. The molecule has 1 aromatic carbocycles. The summed E-state index contributed by atoms with van der Waals surface area (Å²) in [5.74, 6) is -1.62. The van der Waals surface area contributed by atoms with E-state index in [0.717, 1.165) is 4.88 Å². The molecule has 0 saturated carbocycles. The van der Waals surface area contributed by atoms with Crippen molar-refractivity contribution in [2.45, 2.75) is 25.5 Å². The molecule has 0 aliphatic heterocycles. The Bertz CT molecular complexity index is 701. The van der Waals surface area contributed by atoms with Crippen LogP contribution >= 0.6 is 11.3 Å². The highest BCUT2D eigenvalue weighted by Gasteiger charge is 2.25. The van der Waals surface area contributed by atoms with Crippen LogP contribution < -0.4 is 11.1 Å². The second kappa shape index (κ2) is 8.26. The van der Waals surface area contributed by atoms with E-state index in [1.165, 1.54) is 18.3 Å². The van der Waals surface area contributed by atoms with Crippen molar-refractivity contribution in [1.82, 2.24) is 5.32 Å². The first kappa shape index (κ1) is 17.7. The number of carbonyl (C=O) groups excluding carboxylic acids is 3. The number of thiophene rings is 1. The van der Waals surface area contributed by atoms with Crippen molar-refractivity contribution in [3.8, 4) is 0 Å². The zero-order valence-electron chi connectivity index (χ0n) is 13.1. The molecule has 1 heterocycles. The maximum atomic E-state index is 12.2. The third kappa shape index (κ3) is 4.92. The molecular weight excluding hydrogens is 328 g/mol. The van der Waals surface area contributed by atoms with Gasteiger partial charge >= 0.3 is 5.97 Å². The second-order valence-corrected chi connectivity index (χ2v) is 6.13. The molecule has 7 heteroatoms. The minimum Gasteiger partial charge on any atom is -0.447 e. The monoisotopic (exact) mass is 346 g/mol. The Labute approximate surface area is 143 Å². The van der Waals surface area contributed by atoms with Crippen LogP contribution in [0.2, 0.25) is 0 Å². The van der Waals surface area contributed by atoms with Crippen LogP contribution in [-0.2, 0) is 19.1 Å². The summed E-state index contributed by atoms with van der Waals surface area (Å²) in [5, 5.41) is 4.56. The maximum Gasteiger partial charge on any atom is 0.309 e. The second-order valence-electron chi connectivity index (χ2n) is 5.16. The van der Waals surface area contributed by atoms with E-state index >= 15 is 0 Å². The van der Waals surface area contributed by atoms with Crippen LogP contribution in [0.25, 0.3) is 0 Å². The van der Waals surface area contributed by atoms with Crippen molar-refractivity contribution in [2.75, 3.05) is 0 Å². The smallest absolute Gasteiger partial charge is 0.309 e. The fourth-order valence-electron chi connectivity index (χ4n) is 2.22. The van der Waals surface area contributed by atoms with Gasteiger partial charge < -0.3 is 15.8 Å². The molecule has 2 aromatic rings. The van der Waals surface area contributed by atoms with E-state index in [0.29, 0.717) is 5.56 Å². The van der Waals surface area contributed by atoms with Gasteiger partial charge in [-0.15, -0.1) is 11.3 Å². The van der Waals surface area contributed by atoms with E-state index < -0.39 is 24.0 Å². The highest BCUT2D eigenvalue weighted by molar-refractivity contribution is 7.10. The Morgan fingerprint density at radius 2 is 1.88 bits per heavy atom. The highest BCUT2D eigenvalue weighted by Crippen LogP contribution is 2.24. The Balaban J connectivity index is 2.09. The molecule has 2 amide bonds. The van der Waals surface area contributed by atoms with Gasteiger partial charge in [0.2, 0.25) is 12.0 Å². The predicted molar refractivity (Wildman–Crippen MR) is 90.0 cm³/mol. The standard InChI is InChI=1S/C17H18N2O4S/c1-11(20)19-13(14-8-5-9-24-14)10-15(21)23-16(17(18)22)12-6-3-2-4-7-12/h2-9,13,16H,10H2,1H3,(H2,18,22)(H,19,20). The van der Waals surface area contributed by atoms with E-state index in [2.05, 4.69) is 5.32 Å². The molecule has 6 nitrogen and oxygen atoms in total. The number of benzene rings is 1. The van der Waals surface area contributed by atoms with E-state index in [4.69, 9.17) is 10.5 Å². The number of hydrogen-bond donors (Lipinski definition) is 2. The van der Waals surface area contributed by atoms with Crippen molar-refractivity contribution in [1.29, 1.82) is 0 Å². The van der Waals surface area contributed by atoms with Crippen LogP contribution in [0.3, 0.4) is 0 Å². The summed E-state index contributed by atoms with van der Waals surface area (Å²) < 4.78 is 5.25. The number of ether oxygens (including phenoxy) is 1. The van der Waals surface area contributed by atoms with Crippen LogP contribution in [0.4, 0.5) is 0 Å². The van der Waals surface area contributed by atoms with Gasteiger partial charge in [-0.2, -0.15) is 0 Å². The normalized spacial score (nSPS) is 12.9. The van der Waals surface area contributed by atoms with Crippen molar-refractivity contribution in [3.05, 3.63) is 58.3 Å². The summed E-state index contributed by atoms with van der Waals surface area (Å²) in [5.41, 5.74) is 5.84. The van der Waals surface area contributed by atoms with E-state index in [-0.39, 0.29) is 12.3 Å². The fourth-order valence-corrected chi connectivity index (χ4v) is 3.00. The quantitative estimate of drug-likeness (QED) is 0.750. The molecule has 1 aromatic heterocycles. The summed E-state index contributed by atoms with van der Waals surface area (Å²) in [6.07, 6.45) is -1.24. The Kier molecular flexibility index (Phi) is 6.08. The number of nitrogens with two attached hydrogens (primary N) is 1. The average Bonchev–Trinajstić information content (AvgIpc) is 3.06. The van der Waals surface area contributed by atoms with Gasteiger partial charge in [0.25, 0.3) is 5.91 Å². The van der Waals surface area contributed by atoms with Gasteiger partial charge in [0.15, 0.2) is 0 Å². The van der Waals surface area contributed by atoms with Crippen LogP contribution in [0.15, 0.2) is 47.8 Å². The minimum absolute atomic E-state index is 0.0866. The molecule has 0 spiro atoms. The zero-order chi connectivity index (χ0) is 17.5. The summed E-state index contributed by atoms with van der Waals surface area (Å²) in [6.45, 7) is 1.38. The topological polar surface area (TPSA) is 98.5 Å². The number of esters is 1. The van der Waals surface area contributed by atoms with E-state index in [1.54, 1.807) is 30.3 Å². The van der Waals surface area contributed by atoms with E-state index in [1.807, 2.05) is 17.5 Å². The fraction of sp³-hybridized carbons (Fsp3) is 0.235. The van der Waals surface area contributed by atoms with Gasteiger partial charge in [0.05, 0.1) is 12.5 Å². The lowest BCUT2D eigenvalue weighted by Gasteiger charge is -2.19. The molecule has 3 N–H and O–H groups in total. The number of rotatable bonds is 7. The molecular formula is C17H18N2O4S. The molecule has 126 valence electrons. The van der Waals surface area contributed by atoms with Crippen LogP contribution in [0.5, 0.6) is 0 Å². The number of amides is 2. The zero-order valence-corrected chi connectivity index (χ0v) is 13.9. The molecule has 0 bridgehead atoms. The van der Waals surface area contributed by atoms with Gasteiger partial charge in [-0.3, -0.25) is 14.4 Å². The predicted octanol–water partition coefficient (Wildman–Crippen LogP) is 2.09. The summed E-state index contributed by atoms with van der Waals surface area (Å²) in [4.78, 5) is 36.0. The molecule has 24 heavy (non-hydrogen) atoms. The summed E-state index contributed by atoms with van der Waals surface area (Å²) in [6, 6.07) is 11.7. The number of carbonyl (C=O) groups is 3. The first-order valence-corrected chi connectivity index (χ1v) is 8.19.